The van der Waals surface area contributed by atoms with E-state index in [9.17, 15) is 9.59 Å². The highest BCUT2D eigenvalue weighted by Gasteiger charge is 2.28. The van der Waals surface area contributed by atoms with Crippen molar-refractivity contribution in [2.75, 3.05) is 33.9 Å². The van der Waals surface area contributed by atoms with E-state index in [1.807, 2.05) is 74.5 Å². The third kappa shape index (κ3) is 9.36. The highest BCUT2D eigenvalue weighted by molar-refractivity contribution is 6.62. The Labute approximate surface area is 250 Å². The van der Waals surface area contributed by atoms with Gasteiger partial charge < -0.3 is 28.3 Å². The van der Waals surface area contributed by atoms with Crippen molar-refractivity contribution >= 4 is 24.8 Å². The molecule has 4 rings (SSSR count). The molecule has 1 aliphatic rings. The number of hydrogen-bond donors (Lipinski definition) is 0. The molecule has 3 aromatic rings. The summed E-state index contributed by atoms with van der Waals surface area (Å²) in [7, 11) is 2.29. The van der Waals surface area contributed by atoms with Gasteiger partial charge in [-0.05, 0) is 79.8 Å². The largest absolute Gasteiger partial charge is 0.564 e. The number of nitrogens with zero attached hydrogens (tertiary/aromatic N) is 1. The van der Waals surface area contributed by atoms with Crippen LogP contribution in [0.25, 0.3) is 0 Å². The lowest BCUT2D eigenvalue weighted by atomic mass is 9.79. The van der Waals surface area contributed by atoms with Crippen LogP contribution in [0, 0.1) is 0 Å². The van der Waals surface area contributed by atoms with Crippen molar-refractivity contribution < 1.29 is 33.1 Å². The molecule has 0 saturated carbocycles. The van der Waals surface area contributed by atoms with E-state index in [-0.39, 0.29) is 19.2 Å². The van der Waals surface area contributed by atoms with Crippen LogP contribution in [-0.4, -0.2) is 58.1 Å². The van der Waals surface area contributed by atoms with E-state index in [2.05, 4.69) is 13.0 Å². The maximum Gasteiger partial charge on any atom is 0.564 e. The van der Waals surface area contributed by atoms with Crippen molar-refractivity contribution in [3.63, 3.8) is 0 Å². The molecule has 0 saturated heterocycles. The summed E-state index contributed by atoms with van der Waals surface area (Å²) in [6.07, 6.45) is 4.47. The molecule has 9 heteroatoms. The quantitative estimate of drug-likeness (QED) is 0.128. The SMILES string of the molecule is CC.CCCCOc1ccc(Oc2cccc3c2CCC3Oc2ccc(B(OC)OC(=O)CN(C)CC=O)cc2)cc1. The molecule has 42 heavy (non-hydrogen) atoms. The van der Waals surface area contributed by atoms with E-state index in [4.69, 9.17) is 23.5 Å². The van der Waals surface area contributed by atoms with Crippen LogP contribution in [0.15, 0.2) is 66.7 Å². The number of benzene rings is 3. The number of carbonyl (C=O) groups is 2. The van der Waals surface area contributed by atoms with Gasteiger partial charge in [0.15, 0.2) is 0 Å². The number of fused-ring (bicyclic) bond motifs is 1. The molecule has 0 fully saturated rings. The van der Waals surface area contributed by atoms with E-state index < -0.39 is 13.1 Å². The molecule has 1 aliphatic carbocycles. The minimum atomic E-state index is -0.852. The van der Waals surface area contributed by atoms with Crippen molar-refractivity contribution in [3.05, 3.63) is 77.9 Å². The van der Waals surface area contributed by atoms with Gasteiger partial charge in [0.2, 0.25) is 0 Å². The lowest BCUT2D eigenvalue weighted by Gasteiger charge is -2.18. The number of carbonyl (C=O) groups excluding carboxylic acids is 2. The molecule has 0 radical (unpaired) electrons. The van der Waals surface area contributed by atoms with E-state index in [0.29, 0.717) is 17.8 Å². The lowest BCUT2D eigenvalue weighted by Crippen LogP contribution is -2.40. The van der Waals surface area contributed by atoms with Gasteiger partial charge >= 0.3 is 13.1 Å². The van der Waals surface area contributed by atoms with Crippen molar-refractivity contribution in [1.29, 1.82) is 0 Å². The Bertz CT molecular complexity index is 1250. The van der Waals surface area contributed by atoms with Crippen molar-refractivity contribution in [1.82, 2.24) is 4.90 Å². The first-order chi connectivity index (χ1) is 20.5. The monoisotopic (exact) mass is 575 g/mol. The summed E-state index contributed by atoms with van der Waals surface area (Å²) in [4.78, 5) is 24.4. The van der Waals surface area contributed by atoms with Gasteiger partial charge in [-0.15, -0.1) is 0 Å². The second kappa shape index (κ2) is 17.2. The molecule has 0 heterocycles. The Balaban J connectivity index is 0.00000237. The Morgan fingerprint density at radius 2 is 1.69 bits per heavy atom. The van der Waals surface area contributed by atoms with Gasteiger partial charge in [0.05, 0.1) is 19.7 Å². The number of hydrogen-bond acceptors (Lipinski definition) is 8. The first-order valence-corrected chi connectivity index (χ1v) is 14.6. The second-order valence-corrected chi connectivity index (χ2v) is 9.73. The van der Waals surface area contributed by atoms with Crippen molar-refractivity contribution in [2.45, 2.75) is 52.6 Å². The van der Waals surface area contributed by atoms with E-state index in [1.165, 1.54) is 7.11 Å². The minimum absolute atomic E-state index is 0.00857. The summed E-state index contributed by atoms with van der Waals surface area (Å²) in [6, 6.07) is 21.1. The van der Waals surface area contributed by atoms with Crippen LogP contribution < -0.4 is 19.7 Å². The third-order valence-electron chi connectivity index (χ3n) is 6.66. The molecule has 0 aromatic heterocycles. The molecule has 0 bridgehead atoms. The van der Waals surface area contributed by atoms with Gasteiger partial charge in [0, 0.05) is 12.7 Å². The number of ether oxygens (including phenoxy) is 3. The van der Waals surface area contributed by atoms with Crippen LogP contribution in [0.3, 0.4) is 0 Å². The van der Waals surface area contributed by atoms with Crippen molar-refractivity contribution in [2.24, 2.45) is 0 Å². The predicted octanol–water partition coefficient (Wildman–Crippen LogP) is 5.77. The van der Waals surface area contributed by atoms with Crippen LogP contribution in [0.4, 0.5) is 0 Å². The van der Waals surface area contributed by atoms with Crippen LogP contribution in [0.2, 0.25) is 0 Å². The highest BCUT2D eigenvalue weighted by Crippen LogP contribution is 2.41. The third-order valence-corrected chi connectivity index (χ3v) is 6.66. The molecule has 1 unspecified atom stereocenters. The molecular formula is C33H42BNO7. The number of likely N-dealkylation sites (N-methyl/N-ethyl adjacent to an activating group) is 1. The zero-order chi connectivity index (χ0) is 30.3. The summed E-state index contributed by atoms with van der Waals surface area (Å²) in [5, 5.41) is 0. The van der Waals surface area contributed by atoms with Crippen LogP contribution in [-0.2, 0) is 25.3 Å². The highest BCUT2D eigenvalue weighted by atomic mass is 16.6. The summed E-state index contributed by atoms with van der Waals surface area (Å²) in [6.45, 7) is 7.00. The Kier molecular flexibility index (Phi) is 13.4. The number of aldehydes is 1. The molecule has 0 amide bonds. The zero-order valence-corrected chi connectivity index (χ0v) is 25.3. The molecule has 224 valence electrons. The topological polar surface area (TPSA) is 83.5 Å². The minimum Gasteiger partial charge on any atom is -0.505 e. The van der Waals surface area contributed by atoms with Crippen LogP contribution in [0.5, 0.6) is 23.0 Å². The summed E-state index contributed by atoms with van der Waals surface area (Å²) in [5.41, 5.74) is 2.95. The Morgan fingerprint density at radius 3 is 2.36 bits per heavy atom. The average molecular weight is 576 g/mol. The molecular weight excluding hydrogens is 533 g/mol. The molecule has 0 spiro atoms. The normalized spacial score (nSPS) is 13.4. The molecule has 0 N–H and O–H groups in total. The van der Waals surface area contributed by atoms with Gasteiger partial charge in [-0.25, -0.2) is 0 Å². The fraction of sp³-hybridized carbons (Fsp3) is 0.394. The van der Waals surface area contributed by atoms with Gasteiger partial charge in [0.1, 0.15) is 35.4 Å². The number of unbranched alkanes of at least 4 members (excludes halogenated alkanes) is 1. The summed E-state index contributed by atoms with van der Waals surface area (Å²) in [5.74, 6) is 2.67. The van der Waals surface area contributed by atoms with Gasteiger partial charge in [-0.2, -0.15) is 0 Å². The van der Waals surface area contributed by atoms with Gasteiger partial charge in [-0.3, -0.25) is 9.69 Å². The van der Waals surface area contributed by atoms with Gasteiger partial charge in [0.25, 0.3) is 0 Å². The fourth-order valence-electron chi connectivity index (χ4n) is 4.55. The summed E-state index contributed by atoms with van der Waals surface area (Å²) < 4.78 is 29.1. The smallest absolute Gasteiger partial charge is 0.505 e. The van der Waals surface area contributed by atoms with Crippen LogP contribution in [0.1, 0.15) is 57.3 Å². The molecule has 3 aromatic carbocycles. The molecule has 0 aliphatic heterocycles. The lowest BCUT2D eigenvalue weighted by molar-refractivity contribution is -0.136. The fourth-order valence-corrected chi connectivity index (χ4v) is 4.55. The maximum atomic E-state index is 12.2. The first kappa shape index (κ1) is 32.7. The molecule has 1 atom stereocenters. The predicted molar refractivity (Wildman–Crippen MR) is 165 cm³/mol. The Hall–Kier alpha value is -3.82. The van der Waals surface area contributed by atoms with Gasteiger partial charge in [-0.1, -0.05) is 51.5 Å². The van der Waals surface area contributed by atoms with E-state index >= 15 is 0 Å². The maximum absolute atomic E-state index is 12.2. The van der Waals surface area contributed by atoms with Crippen LogP contribution >= 0.6 is 0 Å². The zero-order valence-electron chi connectivity index (χ0n) is 25.3. The first-order valence-electron chi connectivity index (χ1n) is 14.6. The van der Waals surface area contributed by atoms with Crippen molar-refractivity contribution in [3.8, 4) is 23.0 Å². The Morgan fingerprint density at radius 1 is 1.00 bits per heavy atom. The van der Waals surface area contributed by atoms with E-state index in [0.717, 1.165) is 60.3 Å². The number of rotatable bonds is 15. The van der Waals surface area contributed by atoms with E-state index in [1.54, 1.807) is 11.9 Å². The molecule has 8 nitrogen and oxygen atoms in total. The summed E-state index contributed by atoms with van der Waals surface area (Å²) >= 11 is 0. The standard InChI is InChI=1S/C31H36BNO7.C2H6/c1-4-5-21-37-24-13-15-26(16-14-24)38-29-8-6-7-27-28(29)17-18-30(27)39-25-11-9-23(10-12-25)32(36-3)40-31(35)22-33(2)19-20-34;1-2/h6-16,20,30H,4-5,17-19,21-22H2,1-3H3;1-2H3. The second-order valence-electron chi connectivity index (χ2n) is 9.73. The average Bonchev–Trinajstić information content (AvgIpc) is 3.42.